The van der Waals surface area contributed by atoms with Gasteiger partial charge in [-0.2, -0.15) is 10.2 Å². The van der Waals surface area contributed by atoms with Crippen molar-refractivity contribution < 1.29 is 38.1 Å². The molecule has 0 aliphatic carbocycles. The molecule has 1 unspecified atom stereocenters. The molecule has 16 heteroatoms. The van der Waals surface area contributed by atoms with E-state index in [0.29, 0.717) is 51.1 Å². The first-order valence-electron chi connectivity index (χ1n) is 21.3. The van der Waals surface area contributed by atoms with E-state index >= 15 is 0 Å². The number of hydrogen-bond donors (Lipinski definition) is 2. The van der Waals surface area contributed by atoms with Gasteiger partial charge >= 0.3 is 12.2 Å². The summed E-state index contributed by atoms with van der Waals surface area (Å²) in [6, 6.07) is 7.44. The zero-order valence-electron chi connectivity index (χ0n) is 38.4. The smallest absolute Gasteiger partial charge is 0.410 e. The van der Waals surface area contributed by atoms with E-state index in [1.165, 1.54) is 5.56 Å². The van der Waals surface area contributed by atoms with Gasteiger partial charge in [-0.25, -0.2) is 20.4 Å². The van der Waals surface area contributed by atoms with Gasteiger partial charge in [0.1, 0.15) is 48.0 Å². The molecule has 6 aliphatic rings. The van der Waals surface area contributed by atoms with Crippen molar-refractivity contribution in [3.05, 3.63) is 53.1 Å². The van der Waals surface area contributed by atoms with Crippen molar-refractivity contribution in [1.82, 2.24) is 20.7 Å². The monoisotopic (exact) mass is 854 g/mol. The molecule has 6 aliphatic heterocycles. The molecule has 62 heavy (non-hydrogen) atoms. The highest BCUT2D eigenvalue weighted by Crippen LogP contribution is 2.49. The topological polar surface area (TPSA) is 167 Å². The van der Waals surface area contributed by atoms with Crippen molar-refractivity contribution in [2.45, 2.75) is 119 Å². The van der Waals surface area contributed by atoms with Crippen LogP contribution in [0.1, 0.15) is 104 Å². The lowest BCUT2D eigenvalue weighted by Gasteiger charge is -2.51. The first-order chi connectivity index (χ1) is 28.8. The van der Waals surface area contributed by atoms with Crippen molar-refractivity contribution in [2.24, 2.45) is 21.0 Å². The van der Waals surface area contributed by atoms with E-state index in [4.69, 9.17) is 18.9 Å². The Labute approximate surface area is 364 Å². The number of amidine groups is 2. The van der Waals surface area contributed by atoms with Crippen LogP contribution in [0.3, 0.4) is 0 Å². The number of hydrogen-bond acceptors (Lipinski definition) is 12. The molecule has 4 amide bonds. The van der Waals surface area contributed by atoms with Crippen LogP contribution in [-0.4, -0.2) is 108 Å². The van der Waals surface area contributed by atoms with E-state index < -0.39 is 11.2 Å². The maximum absolute atomic E-state index is 12.4. The maximum atomic E-state index is 12.4. The fourth-order valence-electron chi connectivity index (χ4n) is 8.85. The van der Waals surface area contributed by atoms with E-state index in [0.717, 1.165) is 45.1 Å². The number of fused-ring (bicyclic) bond motifs is 6. The Morgan fingerprint density at radius 1 is 0.758 bits per heavy atom. The van der Waals surface area contributed by atoms with Crippen molar-refractivity contribution in [2.75, 3.05) is 49.2 Å². The number of likely N-dealkylation sites (tertiary alicyclic amines) is 2. The van der Waals surface area contributed by atoms with E-state index in [9.17, 15) is 19.2 Å². The van der Waals surface area contributed by atoms with Crippen molar-refractivity contribution in [1.29, 1.82) is 0 Å². The first-order valence-corrected chi connectivity index (χ1v) is 21.3. The summed E-state index contributed by atoms with van der Waals surface area (Å²) in [5.74, 6) is 2.78. The molecule has 2 N–H and O–H groups in total. The molecule has 0 saturated carbocycles. The summed E-state index contributed by atoms with van der Waals surface area (Å²) in [7, 11) is 0. The van der Waals surface area contributed by atoms with Gasteiger partial charge in [-0.1, -0.05) is 27.4 Å². The lowest BCUT2D eigenvalue weighted by Crippen LogP contribution is -2.60. The number of hydrazone groups is 2. The summed E-state index contributed by atoms with van der Waals surface area (Å²) in [4.78, 5) is 56.5. The van der Waals surface area contributed by atoms with Crippen molar-refractivity contribution in [3.63, 3.8) is 0 Å². The van der Waals surface area contributed by atoms with E-state index in [1.807, 2.05) is 90.3 Å². The molecule has 334 valence electrons. The Kier molecular flexibility index (Phi) is 11.1. The summed E-state index contributed by atoms with van der Waals surface area (Å²) in [5, 5.41) is 8.32. The van der Waals surface area contributed by atoms with Crippen molar-refractivity contribution in [3.8, 4) is 11.5 Å². The Bertz CT molecular complexity index is 2280. The van der Waals surface area contributed by atoms with Crippen LogP contribution in [0.2, 0.25) is 0 Å². The molecule has 2 fully saturated rings. The fourth-order valence-corrected chi connectivity index (χ4v) is 8.85. The standard InChI is InChI=1S/C23H32N4O4.C23H30N4O4/c2*1-13-8-18-17(27-15(3)20(28)25-24-19(27)10-30-18)9-16(13)14(2)23(7)11-26(12-23)21(29)31-22(4,5)6/h8-9,14-15H,10-12H2,1-7H3,(H,25,28);8-9,15H,2,10-12H2,1,3-7H3,(H,25,28)/t14?,15-;15-/m11/s1. The molecule has 0 spiro atoms. The number of rotatable bonds is 4. The van der Waals surface area contributed by atoms with Crippen LogP contribution >= 0.6 is 0 Å². The lowest BCUT2D eigenvalue weighted by atomic mass is 9.68. The highest BCUT2D eigenvalue weighted by Gasteiger charge is 2.49. The predicted molar refractivity (Wildman–Crippen MR) is 238 cm³/mol. The van der Waals surface area contributed by atoms with Crippen LogP contribution in [0.15, 0.2) is 41.0 Å². The average molecular weight is 855 g/mol. The summed E-state index contributed by atoms with van der Waals surface area (Å²) in [6.45, 7) is 33.0. The van der Waals surface area contributed by atoms with Gasteiger partial charge in [-0.05, 0) is 127 Å². The molecule has 0 bridgehead atoms. The summed E-state index contributed by atoms with van der Waals surface area (Å²) >= 11 is 0. The van der Waals surface area contributed by atoms with Gasteiger partial charge in [-0.3, -0.25) is 9.59 Å². The number of nitrogens with one attached hydrogen (secondary N) is 2. The van der Waals surface area contributed by atoms with E-state index in [-0.39, 0.29) is 52.8 Å². The van der Waals surface area contributed by atoms with Gasteiger partial charge in [0.05, 0.1) is 11.4 Å². The number of carbonyl (C=O) groups excluding carboxylic acids is 4. The fraction of sp³-hybridized carbons (Fsp3) is 0.565. The van der Waals surface area contributed by atoms with E-state index in [1.54, 1.807) is 9.80 Å². The minimum atomic E-state index is -0.522. The molecule has 16 nitrogen and oxygen atoms in total. The van der Waals surface area contributed by atoms with Crippen LogP contribution in [0.25, 0.3) is 5.57 Å². The highest BCUT2D eigenvalue weighted by molar-refractivity contribution is 6.10. The minimum Gasteiger partial charge on any atom is -0.483 e. The molecule has 2 aromatic carbocycles. The second-order valence-corrected chi connectivity index (χ2v) is 20.1. The SMILES string of the molecule is C=C(c1cc2c(cc1C)OCC1=NNC(=O)[C@@H](C)N12)C1(C)CN(C(=O)OC(C)(C)C)C1.Cc1cc2c(cc1C(C)C1(C)CN(C(=O)OC(C)(C)C)C1)N1C(=NNC(=O)[C@H]1C)CO2. The molecule has 6 heterocycles. The van der Waals surface area contributed by atoms with Crippen LogP contribution in [0.5, 0.6) is 11.5 Å². The number of ether oxygens (including phenoxy) is 4. The quantitative estimate of drug-likeness (QED) is 0.339. The third kappa shape index (κ3) is 8.27. The van der Waals surface area contributed by atoms with Gasteiger partial charge in [0, 0.05) is 37.0 Å². The molecule has 2 saturated heterocycles. The Morgan fingerprint density at radius 3 is 1.66 bits per heavy atom. The normalized spacial score (nSPS) is 22.3. The number of anilines is 2. The Morgan fingerprint density at radius 2 is 1.19 bits per heavy atom. The lowest BCUT2D eigenvalue weighted by molar-refractivity contribution is -0.123. The third-order valence-corrected chi connectivity index (χ3v) is 12.6. The second kappa shape index (κ2) is 15.5. The maximum Gasteiger partial charge on any atom is 0.410 e. The van der Waals surface area contributed by atoms with Gasteiger partial charge in [0.15, 0.2) is 11.7 Å². The first kappa shape index (κ1) is 44.3. The molecule has 0 radical (unpaired) electrons. The minimum absolute atomic E-state index is 0.0623. The van der Waals surface area contributed by atoms with Crippen LogP contribution in [-0.2, 0) is 19.1 Å². The third-order valence-electron chi connectivity index (χ3n) is 12.6. The van der Waals surface area contributed by atoms with Gasteiger partial charge in [0.25, 0.3) is 11.8 Å². The predicted octanol–water partition coefficient (Wildman–Crippen LogP) is 6.68. The summed E-state index contributed by atoms with van der Waals surface area (Å²) in [5.41, 5.74) is 10.7. The highest BCUT2D eigenvalue weighted by atomic mass is 16.6. The second-order valence-electron chi connectivity index (χ2n) is 20.1. The van der Waals surface area contributed by atoms with Crippen LogP contribution < -0.4 is 30.1 Å². The molecule has 0 aromatic heterocycles. The average Bonchev–Trinajstić information content (AvgIpc) is 3.15. The number of aryl methyl sites for hydroxylation is 2. The van der Waals surface area contributed by atoms with Gasteiger partial charge in [0.2, 0.25) is 0 Å². The van der Waals surface area contributed by atoms with E-state index in [2.05, 4.69) is 61.4 Å². The van der Waals surface area contributed by atoms with Gasteiger partial charge < -0.3 is 38.5 Å². The number of benzene rings is 2. The number of nitrogens with zero attached hydrogens (tertiary/aromatic N) is 6. The zero-order valence-corrected chi connectivity index (χ0v) is 38.4. The molecular formula is C46H62N8O8. The summed E-state index contributed by atoms with van der Waals surface area (Å²) in [6.07, 6.45) is -0.566. The summed E-state index contributed by atoms with van der Waals surface area (Å²) < 4.78 is 22.8. The number of carbonyl (C=O) groups is 4. The molecule has 3 atom stereocenters. The zero-order chi connectivity index (χ0) is 45.4. The van der Waals surface area contributed by atoms with Gasteiger partial charge in [-0.15, -0.1) is 0 Å². The largest absolute Gasteiger partial charge is 0.483 e. The Hall–Kier alpha value is -5.80. The van der Waals surface area contributed by atoms with Crippen molar-refractivity contribution >= 4 is 52.6 Å². The molecule has 2 aromatic rings. The molecular weight excluding hydrogens is 793 g/mol. The Balaban J connectivity index is 0.000000186. The van der Waals surface area contributed by atoms with Crippen LogP contribution in [0, 0.1) is 24.7 Å². The molecule has 8 rings (SSSR count). The van der Waals surface area contributed by atoms with Crippen LogP contribution in [0.4, 0.5) is 21.0 Å². The number of amides is 4.